The van der Waals surface area contributed by atoms with Crippen molar-refractivity contribution >= 4 is 34.2 Å². The van der Waals surface area contributed by atoms with Crippen LogP contribution in [-0.4, -0.2) is 53.5 Å². The molecule has 2 N–H and O–H groups in total. The first kappa shape index (κ1) is 16.6. The Kier molecular flexibility index (Phi) is 4.39. The standard InChI is InChI=1S/C14H15F2N3O4S/c15-9-5-8(19-7-11(13(17)20)23-14(19)21)6-10(16)12(9)18-1-3-24(22)4-2-18/h5-6,11H,1-4,7H2,(H2,17,20). The molecule has 1 atom stereocenters. The van der Waals surface area contributed by atoms with Crippen molar-refractivity contribution in [2.45, 2.75) is 6.10 Å². The number of carbonyl (C=O) groups excluding carboxylic acids is 2. The fourth-order valence-corrected chi connectivity index (χ4v) is 3.75. The van der Waals surface area contributed by atoms with E-state index in [9.17, 15) is 22.6 Å². The van der Waals surface area contributed by atoms with E-state index >= 15 is 0 Å². The summed E-state index contributed by atoms with van der Waals surface area (Å²) in [5.74, 6) is -1.82. The minimum absolute atomic E-state index is 0.0527. The van der Waals surface area contributed by atoms with E-state index in [4.69, 9.17) is 10.5 Å². The third-order valence-corrected chi connectivity index (χ3v) is 5.21. The van der Waals surface area contributed by atoms with Gasteiger partial charge in [-0.25, -0.2) is 13.6 Å². The number of nitrogens with zero attached hydrogens (tertiary/aromatic N) is 2. The molecule has 2 heterocycles. The van der Waals surface area contributed by atoms with Gasteiger partial charge in [0.2, 0.25) is 0 Å². The van der Waals surface area contributed by atoms with Gasteiger partial charge in [-0.05, 0) is 0 Å². The van der Waals surface area contributed by atoms with Crippen LogP contribution >= 0.6 is 0 Å². The number of nitrogens with two attached hydrogens (primary N) is 1. The number of rotatable bonds is 3. The van der Waals surface area contributed by atoms with Gasteiger partial charge in [0.05, 0.1) is 12.2 Å². The Morgan fingerprint density at radius 1 is 1.25 bits per heavy atom. The SMILES string of the molecule is NC(=O)C1CN(c2cc(F)c(N3CCS(=O)CC3)c(F)c2)C(=O)O1. The third kappa shape index (κ3) is 3.05. The quantitative estimate of drug-likeness (QED) is 0.840. The number of hydrogen-bond acceptors (Lipinski definition) is 5. The average Bonchev–Trinajstić information content (AvgIpc) is 2.90. The Morgan fingerprint density at radius 2 is 1.83 bits per heavy atom. The lowest BCUT2D eigenvalue weighted by Gasteiger charge is -2.29. The minimum atomic E-state index is -1.15. The predicted octanol–water partition coefficient (Wildman–Crippen LogP) is 0.344. The number of amides is 2. The zero-order chi connectivity index (χ0) is 17.4. The Labute approximate surface area is 138 Å². The smallest absolute Gasteiger partial charge is 0.415 e. The van der Waals surface area contributed by atoms with Crippen LogP contribution in [0.5, 0.6) is 0 Å². The molecule has 2 amide bonds. The number of benzene rings is 1. The van der Waals surface area contributed by atoms with E-state index in [1.165, 1.54) is 4.90 Å². The highest BCUT2D eigenvalue weighted by Gasteiger charge is 2.36. The van der Waals surface area contributed by atoms with E-state index in [0.717, 1.165) is 17.0 Å². The molecule has 0 aliphatic carbocycles. The molecule has 3 rings (SSSR count). The van der Waals surface area contributed by atoms with Crippen molar-refractivity contribution in [1.82, 2.24) is 0 Å². The summed E-state index contributed by atoms with van der Waals surface area (Å²) < 4.78 is 44.9. The molecule has 7 nitrogen and oxygen atoms in total. The number of cyclic esters (lactones) is 1. The lowest BCUT2D eigenvalue weighted by Crippen LogP contribution is -2.39. The molecule has 0 aromatic heterocycles. The minimum Gasteiger partial charge on any atom is -0.434 e. The van der Waals surface area contributed by atoms with Crippen molar-refractivity contribution < 1.29 is 27.3 Å². The molecule has 1 aromatic carbocycles. The van der Waals surface area contributed by atoms with Crippen molar-refractivity contribution in [3.63, 3.8) is 0 Å². The Hall–Kier alpha value is -2.23. The van der Waals surface area contributed by atoms with E-state index in [2.05, 4.69) is 0 Å². The lowest BCUT2D eigenvalue weighted by atomic mass is 10.2. The summed E-state index contributed by atoms with van der Waals surface area (Å²) in [7, 11) is -0.967. The van der Waals surface area contributed by atoms with Gasteiger partial charge < -0.3 is 15.4 Å². The molecule has 1 unspecified atom stereocenters. The van der Waals surface area contributed by atoms with E-state index in [1.807, 2.05) is 0 Å². The second kappa shape index (κ2) is 6.34. The molecule has 0 spiro atoms. The van der Waals surface area contributed by atoms with Crippen LogP contribution in [0.3, 0.4) is 0 Å². The molecule has 10 heteroatoms. The van der Waals surface area contributed by atoms with Crippen molar-refractivity contribution in [3.8, 4) is 0 Å². The molecule has 2 aliphatic heterocycles. The summed E-state index contributed by atoms with van der Waals surface area (Å²) in [6.45, 7) is 0.375. The second-order valence-electron chi connectivity index (χ2n) is 5.48. The topological polar surface area (TPSA) is 92.9 Å². The zero-order valence-electron chi connectivity index (χ0n) is 12.5. The van der Waals surface area contributed by atoms with Gasteiger partial charge in [-0.1, -0.05) is 0 Å². The molecular weight excluding hydrogens is 344 g/mol. The van der Waals surface area contributed by atoms with Gasteiger partial charge in [0.15, 0.2) is 17.7 Å². The third-order valence-electron chi connectivity index (χ3n) is 3.94. The number of hydrogen-bond donors (Lipinski definition) is 1. The maximum Gasteiger partial charge on any atom is 0.415 e. The predicted molar refractivity (Wildman–Crippen MR) is 83.3 cm³/mol. The summed E-state index contributed by atoms with van der Waals surface area (Å²) in [5, 5.41) is 0. The second-order valence-corrected chi connectivity index (χ2v) is 7.17. The summed E-state index contributed by atoms with van der Waals surface area (Å²) in [6.07, 6.45) is -2.04. The van der Waals surface area contributed by atoms with Gasteiger partial charge in [-0.15, -0.1) is 0 Å². The molecule has 0 radical (unpaired) electrons. The molecule has 1 aromatic rings. The van der Waals surface area contributed by atoms with Crippen molar-refractivity contribution in [2.75, 3.05) is 40.9 Å². The summed E-state index contributed by atoms with van der Waals surface area (Å²) >= 11 is 0. The Morgan fingerprint density at radius 3 is 2.33 bits per heavy atom. The van der Waals surface area contributed by atoms with Crippen LogP contribution in [0, 0.1) is 11.6 Å². The van der Waals surface area contributed by atoms with Crippen molar-refractivity contribution in [1.29, 1.82) is 0 Å². The highest BCUT2D eigenvalue weighted by atomic mass is 32.2. The Bertz CT molecular complexity index is 697. The summed E-state index contributed by atoms with van der Waals surface area (Å²) in [5.41, 5.74) is 4.80. The van der Waals surface area contributed by atoms with E-state index < -0.39 is 40.5 Å². The fourth-order valence-electron chi connectivity index (χ4n) is 2.69. The maximum atomic E-state index is 14.4. The summed E-state index contributed by atoms with van der Waals surface area (Å²) in [6, 6.07) is 2.02. The average molecular weight is 359 g/mol. The van der Waals surface area contributed by atoms with Crippen LogP contribution in [0.1, 0.15) is 0 Å². The Balaban J connectivity index is 1.86. The molecule has 0 bridgehead atoms. The maximum absolute atomic E-state index is 14.4. The van der Waals surface area contributed by atoms with Crippen LogP contribution in [0.4, 0.5) is 25.0 Å². The lowest BCUT2D eigenvalue weighted by molar-refractivity contribution is -0.124. The molecule has 2 fully saturated rings. The van der Waals surface area contributed by atoms with Crippen LogP contribution < -0.4 is 15.5 Å². The number of primary amides is 1. The largest absolute Gasteiger partial charge is 0.434 e. The normalized spacial score (nSPS) is 21.9. The van der Waals surface area contributed by atoms with Gasteiger partial charge in [0, 0.05) is 47.5 Å². The monoisotopic (exact) mass is 359 g/mol. The van der Waals surface area contributed by atoms with Crippen LogP contribution in [0.25, 0.3) is 0 Å². The fraction of sp³-hybridized carbons (Fsp3) is 0.429. The van der Waals surface area contributed by atoms with Gasteiger partial charge in [-0.3, -0.25) is 13.9 Å². The first-order chi connectivity index (χ1) is 11.4. The summed E-state index contributed by atoms with van der Waals surface area (Å²) in [4.78, 5) is 25.3. The van der Waals surface area contributed by atoms with Crippen LogP contribution in [-0.2, 0) is 20.3 Å². The molecule has 2 saturated heterocycles. The molecule has 24 heavy (non-hydrogen) atoms. The highest BCUT2D eigenvalue weighted by Crippen LogP contribution is 2.31. The van der Waals surface area contributed by atoms with Gasteiger partial charge >= 0.3 is 6.09 Å². The van der Waals surface area contributed by atoms with E-state index in [1.54, 1.807) is 0 Å². The van der Waals surface area contributed by atoms with Crippen molar-refractivity contribution in [2.24, 2.45) is 5.73 Å². The molecular formula is C14H15F2N3O4S. The van der Waals surface area contributed by atoms with Gasteiger partial charge in [0.25, 0.3) is 5.91 Å². The first-order valence-corrected chi connectivity index (χ1v) is 8.72. The van der Waals surface area contributed by atoms with E-state index in [-0.39, 0.29) is 31.0 Å². The van der Waals surface area contributed by atoms with Crippen LogP contribution in [0.2, 0.25) is 0 Å². The molecule has 0 saturated carbocycles. The number of anilines is 2. The van der Waals surface area contributed by atoms with E-state index in [0.29, 0.717) is 11.5 Å². The van der Waals surface area contributed by atoms with Gasteiger partial charge in [0.1, 0.15) is 5.69 Å². The first-order valence-electron chi connectivity index (χ1n) is 7.23. The number of halogens is 2. The number of carbonyl (C=O) groups is 2. The molecule has 130 valence electrons. The van der Waals surface area contributed by atoms with Crippen molar-refractivity contribution in [3.05, 3.63) is 23.8 Å². The highest BCUT2D eigenvalue weighted by molar-refractivity contribution is 7.85. The molecule has 2 aliphatic rings. The number of ether oxygens (including phenoxy) is 1. The van der Waals surface area contributed by atoms with Crippen LogP contribution in [0.15, 0.2) is 12.1 Å². The van der Waals surface area contributed by atoms with Gasteiger partial charge in [-0.2, -0.15) is 0 Å². The zero-order valence-corrected chi connectivity index (χ0v) is 13.4.